The number of hydrogen-bond donors (Lipinski definition) is 1. The molecule has 0 heterocycles. The SMILES string of the molecule is CC(NC1CC(C)(C)CC(C)(C)C1)c1ccc(F)c(Cl)c1. The van der Waals surface area contributed by atoms with Crippen molar-refractivity contribution in [2.24, 2.45) is 10.8 Å². The normalized spacial score (nSPS) is 23.0. The van der Waals surface area contributed by atoms with Crippen LogP contribution in [0.4, 0.5) is 4.39 Å². The van der Waals surface area contributed by atoms with E-state index in [1.807, 2.05) is 6.07 Å². The van der Waals surface area contributed by atoms with Gasteiger partial charge < -0.3 is 5.32 Å². The van der Waals surface area contributed by atoms with Crippen molar-refractivity contribution in [3.8, 4) is 0 Å². The zero-order chi connectivity index (χ0) is 15.8. The predicted molar refractivity (Wildman–Crippen MR) is 88.2 cm³/mol. The monoisotopic (exact) mass is 311 g/mol. The Hall–Kier alpha value is -0.600. The highest BCUT2D eigenvalue weighted by atomic mass is 35.5. The van der Waals surface area contributed by atoms with Gasteiger partial charge in [-0.15, -0.1) is 0 Å². The van der Waals surface area contributed by atoms with Crippen molar-refractivity contribution < 1.29 is 4.39 Å². The lowest BCUT2D eigenvalue weighted by Gasteiger charge is -2.46. The minimum atomic E-state index is -0.354. The van der Waals surface area contributed by atoms with E-state index in [1.54, 1.807) is 6.07 Å². The Balaban J connectivity index is 2.08. The van der Waals surface area contributed by atoms with Crippen LogP contribution in [0.3, 0.4) is 0 Å². The first-order valence-corrected chi connectivity index (χ1v) is 8.17. The number of hydrogen-bond acceptors (Lipinski definition) is 1. The second kappa shape index (κ2) is 5.89. The standard InChI is InChI=1S/C18H27ClFN/c1-12(13-6-7-16(20)15(19)8-13)21-14-9-17(2,3)11-18(4,5)10-14/h6-8,12,14,21H,9-11H2,1-5H3. The molecule has 3 heteroatoms. The second-order valence-corrected chi connectivity index (χ2v) is 8.58. The molecule has 0 aromatic heterocycles. The minimum Gasteiger partial charge on any atom is -0.307 e. The number of benzene rings is 1. The summed E-state index contributed by atoms with van der Waals surface area (Å²) < 4.78 is 13.3. The quantitative estimate of drug-likeness (QED) is 0.751. The first-order chi connectivity index (χ1) is 9.58. The van der Waals surface area contributed by atoms with Gasteiger partial charge in [0, 0.05) is 12.1 Å². The van der Waals surface area contributed by atoms with E-state index in [9.17, 15) is 4.39 Å². The summed E-state index contributed by atoms with van der Waals surface area (Å²) in [5.74, 6) is -0.354. The average Bonchev–Trinajstić information content (AvgIpc) is 2.28. The summed E-state index contributed by atoms with van der Waals surface area (Å²) in [6, 6.07) is 5.66. The molecule has 1 aliphatic carbocycles. The van der Waals surface area contributed by atoms with Crippen molar-refractivity contribution in [1.29, 1.82) is 0 Å². The van der Waals surface area contributed by atoms with E-state index in [1.165, 1.54) is 25.3 Å². The summed E-state index contributed by atoms with van der Waals surface area (Å²) in [5, 5.41) is 3.91. The highest BCUT2D eigenvalue weighted by Crippen LogP contribution is 2.46. The average molecular weight is 312 g/mol. The molecule has 0 spiro atoms. The Kier molecular flexibility index (Phi) is 4.70. The molecular weight excluding hydrogens is 285 g/mol. The van der Waals surface area contributed by atoms with E-state index < -0.39 is 0 Å². The second-order valence-electron chi connectivity index (χ2n) is 8.17. The van der Waals surface area contributed by atoms with Crippen LogP contribution in [0.1, 0.15) is 65.5 Å². The lowest BCUT2D eigenvalue weighted by molar-refractivity contribution is 0.0811. The zero-order valence-electron chi connectivity index (χ0n) is 13.8. The van der Waals surface area contributed by atoms with Crippen LogP contribution in [0, 0.1) is 16.6 Å². The molecule has 0 bridgehead atoms. The zero-order valence-corrected chi connectivity index (χ0v) is 14.5. The van der Waals surface area contributed by atoms with E-state index in [4.69, 9.17) is 11.6 Å². The third-order valence-electron chi connectivity index (χ3n) is 4.48. The summed E-state index contributed by atoms with van der Waals surface area (Å²) in [6.07, 6.45) is 3.61. The Morgan fingerprint density at radius 1 is 1.19 bits per heavy atom. The van der Waals surface area contributed by atoms with Gasteiger partial charge in [-0.2, -0.15) is 0 Å². The molecule has 118 valence electrons. The molecule has 1 unspecified atom stereocenters. The maximum absolute atomic E-state index is 13.3. The molecule has 2 rings (SSSR count). The van der Waals surface area contributed by atoms with Crippen LogP contribution in [-0.4, -0.2) is 6.04 Å². The van der Waals surface area contributed by atoms with Gasteiger partial charge in [0.05, 0.1) is 5.02 Å². The molecular formula is C18H27ClFN. The van der Waals surface area contributed by atoms with Gasteiger partial charge in [-0.25, -0.2) is 4.39 Å². The Morgan fingerprint density at radius 2 is 1.76 bits per heavy atom. The lowest BCUT2D eigenvalue weighted by atomic mass is 9.63. The smallest absolute Gasteiger partial charge is 0.141 e. The lowest BCUT2D eigenvalue weighted by Crippen LogP contribution is -2.44. The first-order valence-electron chi connectivity index (χ1n) is 7.79. The van der Waals surface area contributed by atoms with Crippen molar-refractivity contribution in [2.45, 2.75) is 66.0 Å². The number of nitrogens with one attached hydrogen (secondary N) is 1. The molecule has 21 heavy (non-hydrogen) atoms. The van der Waals surface area contributed by atoms with Crippen LogP contribution in [-0.2, 0) is 0 Å². The molecule has 1 aromatic carbocycles. The van der Waals surface area contributed by atoms with Gasteiger partial charge in [0.2, 0.25) is 0 Å². The Labute approximate surface area is 133 Å². The molecule has 1 aromatic rings. The van der Waals surface area contributed by atoms with Gasteiger partial charge in [-0.3, -0.25) is 0 Å². The Morgan fingerprint density at radius 3 is 2.29 bits per heavy atom. The van der Waals surface area contributed by atoms with Gasteiger partial charge in [0.15, 0.2) is 0 Å². The number of rotatable bonds is 3. The van der Waals surface area contributed by atoms with Crippen LogP contribution in [0.5, 0.6) is 0 Å². The van der Waals surface area contributed by atoms with E-state index in [0.29, 0.717) is 16.9 Å². The third-order valence-corrected chi connectivity index (χ3v) is 4.77. The molecule has 1 fully saturated rings. The molecule has 1 N–H and O–H groups in total. The number of halogens is 2. The molecule has 1 aliphatic rings. The van der Waals surface area contributed by atoms with Crippen LogP contribution in [0.2, 0.25) is 5.02 Å². The highest BCUT2D eigenvalue weighted by molar-refractivity contribution is 6.30. The van der Waals surface area contributed by atoms with E-state index in [-0.39, 0.29) is 16.9 Å². The topological polar surface area (TPSA) is 12.0 Å². The van der Waals surface area contributed by atoms with Gasteiger partial charge >= 0.3 is 0 Å². The maximum Gasteiger partial charge on any atom is 0.141 e. The summed E-state index contributed by atoms with van der Waals surface area (Å²) in [6.45, 7) is 11.5. The first kappa shape index (κ1) is 16.8. The largest absolute Gasteiger partial charge is 0.307 e. The van der Waals surface area contributed by atoms with Crippen molar-refractivity contribution >= 4 is 11.6 Å². The molecule has 1 atom stereocenters. The van der Waals surface area contributed by atoms with Crippen molar-refractivity contribution in [3.63, 3.8) is 0 Å². The summed E-state index contributed by atoms with van der Waals surface area (Å²) in [5.41, 5.74) is 1.77. The van der Waals surface area contributed by atoms with Crippen molar-refractivity contribution in [2.75, 3.05) is 0 Å². The van der Waals surface area contributed by atoms with Crippen LogP contribution in [0.25, 0.3) is 0 Å². The van der Waals surface area contributed by atoms with Crippen LogP contribution < -0.4 is 5.32 Å². The van der Waals surface area contributed by atoms with Crippen LogP contribution in [0.15, 0.2) is 18.2 Å². The fraction of sp³-hybridized carbons (Fsp3) is 0.667. The fourth-order valence-electron chi connectivity index (χ4n) is 4.20. The van der Waals surface area contributed by atoms with E-state index in [0.717, 1.165) is 5.56 Å². The molecule has 1 nitrogen and oxygen atoms in total. The summed E-state index contributed by atoms with van der Waals surface area (Å²) in [4.78, 5) is 0. The summed E-state index contributed by atoms with van der Waals surface area (Å²) in [7, 11) is 0. The van der Waals surface area contributed by atoms with Gasteiger partial charge in [-0.1, -0.05) is 45.4 Å². The van der Waals surface area contributed by atoms with Gasteiger partial charge in [0.25, 0.3) is 0 Å². The third kappa shape index (κ3) is 4.43. The fourth-order valence-corrected chi connectivity index (χ4v) is 4.38. The molecule has 0 saturated heterocycles. The van der Waals surface area contributed by atoms with E-state index in [2.05, 4.69) is 39.9 Å². The highest BCUT2D eigenvalue weighted by Gasteiger charge is 2.38. The minimum absolute atomic E-state index is 0.179. The van der Waals surface area contributed by atoms with Crippen molar-refractivity contribution in [1.82, 2.24) is 5.32 Å². The predicted octanol–water partition coefficient (Wildman–Crippen LogP) is 5.73. The summed E-state index contributed by atoms with van der Waals surface area (Å²) >= 11 is 5.89. The van der Waals surface area contributed by atoms with Gasteiger partial charge in [0.1, 0.15) is 5.82 Å². The van der Waals surface area contributed by atoms with E-state index >= 15 is 0 Å². The van der Waals surface area contributed by atoms with Crippen molar-refractivity contribution in [3.05, 3.63) is 34.6 Å². The van der Waals surface area contributed by atoms with Gasteiger partial charge in [-0.05, 0) is 54.7 Å². The molecule has 0 amide bonds. The molecule has 1 saturated carbocycles. The molecule has 0 aliphatic heterocycles. The Bertz CT molecular complexity index is 494. The molecule has 0 radical (unpaired) electrons. The van der Waals surface area contributed by atoms with Crippen LogP contribution >= 0.6 is 11.6 Å². The maximum atomic E-state index is 13.3.